The number of nitrogens with one attached hydrogen (secondary N) is 1. The van der Waals surface area contributed by atoms with E-state index in [0.29, 0.717) is 12.3 Å². The standard InChI is InChI=1S/C16H18N2O3/c1-12(14-6-4-3-5-7-14)21-11-13-8-9-16(18(19)20)15(10-13)17-2/h3-10,12,17H,11H2,1-2H3. The van der Waals surface area contributed by atoms with E-state index in [1.807, 2.05) is 37.3 Å². The lowest BCUT2D eigenvalue weighted by molar-refractivity contribution is -0.384. The molecule has 0 spiro atoms. The van der Waals surface area contributed by atoms with Gasteiger partial charge in [-0.05, 0) is 30.2 Å². The van der Waals surface area contributed by atoms with Gasteiger partial charge in [0, 0.05) is 13.1 Å². The van der Waals surface area contributed by atoms with Crippen LogP contribution in [0, 0.1) is 10.1 Å². The zero-order valence-corrected chi connectivity index (χ0v) is 12.1. The molecule has 1 unspecified atom stereocenters. The third-order valence-corrected chi connectivity index (χ3v) is 3.30. The van der Waals surface area contributed by atoms with Crippen molar-refractivity contribution < 1.29 is 9.66 Å². The van der Waals surface area contributed by atoms with Crippen LogP contribution in [0.1, 0.15) is 24.2 Å². The van der Waals surface area contributed by atoms with Crippen LogP contribution < -0.4 is 5.32 Å². The van der Waals surface area contributed by atoms with Crippen molar-refractivity contribution in [3.05, 3.63) is 69.8 Å². The summed E-state index contributed by atoms with van der Waals surface area (Å²) in [6, 6.07) is 14.9. The van der Waals surface area contributed by atoms with Crippen LogP contribution in [-0.2, 0) is 11.3 Å². The maximum absolute atomic E-state index is 10.9. The van der Waals surface area contributed by atoms with Gasteiger partial charge in [0.15, 0.2) is 0 Å². The molecule has 0 aliphatic carbocycles. The molecule has 1 atom stereocenters. The summed E-state index contributed by atoms with van der Waals surface area (Å²) in [6.07, 6.45) is -0.0283. The molecule has 5 nitrogen and oxygen atoms in total. The Kier molecular flexibility index (Phi) is 4.90. The minimum absolute atomic E-state index is 0.0283. The summed E-state index contributed by atoms with van der Waals surface area (Å²) in [6.45, 7) is 2.39. The molecule has 0 aliphatic rings. The third-order valence-electron chi connectivity index (χ3n) is 3.30. The average Bonchev–Trinajstić information content (AvgIpc) is 2.52. The van der Waals surface area contributed by atoms with Gasteiger partial charge in [-0.3, -0.25) is 10.1 Å². The normalized spacial score (nSPS) is 11.9. The van der Waals surface area contributed by atoms with Gasteiger partial charge in [0.1, 0.15) is 5.69 Å². The van der Waals surface area contributed by atoms with E-state index in [-0.39, 0.29) is 11.8 Å². The lowest BCUT2D eigenvalue weighted by Gasteiger charge is -2.14. The van der Waals surface area contributed by atoms with Crippen molar-refractivity contribution >= 4 is 11.4 Å². The van der Waals surface area contributed by atoms with E-state index >= 15 is 0 Å². The molecule has 2 aromatic rings. The molecule has 110 valence electrons. The highest BCUT2D eigenvalue weighted by molar-refractivity contribution is 5.62. The Balaban J connectivity index is 2.05. The van der Waals surface area contributed by atoms with Crippen LogP contribution in [0.4, 0.5) is 11.4 Å². The largest absolute Gasteiger partial charge is 0.383 e. The molecule has 0 bridgehead atoms. The third kappa shape index (κ3) is 3.79. The van der Waals surface area contributed by atoms with Gasteiger partial charge in [-0.2, -0.15) is 0 Å². The summed E-state index contributed by atoms with van der Waals surface area (Å²) in [5.74, 6) is 0. The predicted octanol–water partition coefficient (Wildman–Crippen LogP) is 3.91. The summed E-state index contributed by atoms with van der Waals surface area (Å²) in [4.78, 5) is 10.5. The van der Waals surface area contributed by atoms with Crippen molar-refractivity contribution in [2.45, 2.75) is 19.6 Å². The summed E-state index contributed by atoms with van der Waals surface area (Å²) in [7, 11) is 1.67. The quantitative estimate of drug-likeness (QED) is 0.646. The molecule has 21 heavy (non-hydrogen) atoms. The first-order chi connectivity index (χ1) is 10.1. The molecule has 0 saturated heterocycles. The number of nitro groups is 1. The van der Waals surface area contributed by atoms with Crippen LogP contribution >= 0.6 is 0 Å². The van der Waals surface area contributed by atoms with E-state index in [2.05, 4.69) is 5.32 Å². The fourth-order valence-electron chi connectivity index (χ4n) is 2.07. The summed E-state index contributed by atoms with van der Waals surface area (Å²) >= 11 is 0. The SMILES string of the molecule is CNc1cc(COC(C)c2ccccc2)ccc1[N+](=O)[O-]. The number of hydrogen-bond donors (Lipinski definition) is 1. The topological polar surface area (TPSA) is 64.4 Å². The van der Waals surface area contributed by atoms with Crippen LogP contribution in [0.5, 0.6) is 0 Å². The number of ether oxygens (including phenoxy) is 1. The molecule has 2 aromatic carbocycles. The first-order valence-electron chi connectivity index (χ1n) is 6.73. The highest BCUT2D eigenvalue weighted by Crippen LogP contribution is 2.26. The van der Waals surface area contributed by atoms with Gasteiger partial charge in [0.25, 0.3) is 5.69 Å². The molecular weight excluding hydrogens is 268 g/mol. The average molecular weight is 286 g/mol. The van der Waals surface area contributed by atoms with Gasteiger partial charge in [-0.1, -0.05) is 30.3 Å². The number of benzene rings is 2. The van der Waals surface area contributed by atoms with Crippen molar-refractivity contribution in [2.75, 3.05) is 12.4 Å². The fraction of sp³-hybridized carbons (Fsp3) is 0.250. The zero-order chi connectivity index (χ0) is 15.2. The molecule has 0 radical (unpaired) electrons. The molecule has 1 N–H and O–H groups in total. The van der Waals surface area contributed by atoms with Crippen LogP contribution in [0.3, 0.4) is 0 Å². The molecule has 5 heteroatoms. The van der Waals surface area contributed by atoms with Gasteiger partial charge >= 0.3 is 0 Å². The zero-order valence-electron chi connectivity index (χ0n) is 12.1. The number of nitrogens with zero attached hydrogens (tertiary/aromatic N) is 1. The first-order valence-corrected chi connectivity index (χ1v) is 6.73. The van der Waals surface area contributed by atoms with Crippen LogP contribution in [0.2, 0.25) is 0 Å². The van der Waals surface area contributed by atoms with Crippen LogP contribution in [0.15, 0.2) is 48.5 Å². The molecule has 2 rings (SSSR count). The number of nitro benzene ring substituents is 1. The Morgan fingerprint density at radius 1 is 1.24 bits per heavy atom. The lowest BCUT2D eigenvalue weighted by Crippen LogP contribution is -2.02. The highest BCUT2D eigenvalue weighted by atomic mass is 16.6. The van der Waals surface area contributed by atoms with E-state index in [9.17, 15) is 10.1 Å². The maximum atomic E-state index is 10.9. The van der Waals surface area contributed by atoms with Gasteiger partial charge in [0.2, 0.25) is 0 Å². The Hall–Kier alpha value is -2.40. The van der Waals surface area contributed by atoms with Gasteiger partial charge in [0.05, 0.1) is 17.6 Å². The molecule has 0 saturated carbocycles. The Bertz CT molecular complexity index is 614. The molecule has 0 aliphatic heterocycles. The molecule has 0 amide bonds. The Labute approximate surface area is 123 Å². The van der Waals surface area contributed by atoms with Gasteiger partial charge < -0.3 is 10.1 Å². The van der Waals surface area contributed by atoms with E-state index in [0.717, 1.165) is 11.1 Å². The monoisotopic (exact) mass is 286 g/mol. The van der Waals surface area contributed by atoms with E-state index in [1.54, 1.807) is 19.2 Å². The fourth-order valence-corrected chi connectivity index (χ4v) is 2.07. The minimum Gasteiger partial charge on any atom is -0.383 e. The van der Waals surface area contributed by atoms with E-state index in [4.69, 9.17) is 4.74 Å². The minimum atomic E-state index is -0.400. The molecule has 0 aromatic heterocycles. The van der Waals surface area contributed by atoms with Crippen LogP contribution in [-0.4, -0.2) is 12.0 Å². The van der Waals surface area contributed by atoms with Crippen molar-refractivity contribution in [2.24, 2.45) is 0 Å². The second-order valence-corrected chi connectivity index (χ2v) is 4.72. The van der Waals surface area contributed by atoms with Crippen LogP contribution in [0.25, 0.3) is 0 Å². The van der Waals surface area contributed by atoms with Crippen molar-refractivity contribution in [1.29, 1.82) is 0 Å². The summed E-state index contributed by atoms with van der Waals surface area (Å²) in [5, 5.41) is 13.7. The molecular formula is C16H18N2O3. The van der Waals surface area contributed by atoms with E-state index in [1.165, 1.54) is 6.07 Å². The Morgan fingerprint density at radius 2 is 1.95 bits per heavy atom. The molecule has 0 fully saturated rings. The smallest absolute Gasteiger partial charge is 0.292 e. The second-order valence-electron chi connectivity index (χ2n) is 4.72. The summed E-state index contributed by atoms with van der Waals surface area (Å²) < 4.78 is 5.82. The Morgan fingerprint density at radius 3 is 2.57 bits per heavy atom. The highest BCUT2D eigenvalue weighted by Gasteiger charge is 2.13. The van der Waals surface area contributed by atoms with Crippen molar-refractivity contribution in [3.63, 3.8) is 0 Å². The first kappa shape index (κ1) is 15.0. The number of hydrogen-bond acceptors (Lipinski definition) is 4. The lowest BCUT2D eigenvalue weighted by atomic mass is 10.1. The van der Waals surface area contributed by atoms with Crippen molar-refractivity contribution in [3.8, 4) is 0 Å². The van der Waals surface area contributed by atoms with Gasteiger partial charge in [-0.25, -0.2) is 0 Å². The number of anilines is 1. The maximum Gasteiger partial charge on any atom is 0.292 e. The molecule has 0 heterocycles. The predicted molar refractivity (Wildman–Crippen MR) is 82.3 cm³/mol. The van der Waals surface area contributed by atoms with Crippen molar-refractivity contribution in [1.82, 2.24) is 0 Å². The second kappa shape index (κ2) is 6.85. The van der Waals surface area contributed by atoms with Gasteiger partial charge in [-0.15, -0.1) is 0 Å². The van der Waals surface area contributed by atoms with E-state index < -0.39 is 4.92 Å². The summed E-state index contributed by atoms with van der Waals surface area (Å²) in [5.41, 5.74) is 2.56. The number of rotatable bonds is 6.